The van der Waals surface area contributed by atoms with Gasteiger partial charge in [-0.1, -0.05) is 30.3 Å². The number of carbonyl (C=O) groups is 3. The maximum atomic E-state index is 12.2. The molecule has 0 aromatic heterocycles. The van der Waals surface area contributed by atoms with Crippen LogP contribution in [0.1, 0.15) is 12.0 Å². The van der Waals surface area contributed by atoms with Crippen LogP contribution in [0, 0.1) is 0 Å². The van der Waals surface area contributed by atoms with Crippen molar-refractivity contribution in [3.8, 4) is 0 Å². The van der Waals surface area contributed by atoms with Crippen LogP contribution >= 0.6 is 0 Å². The fourth-order valence-electron chi connectivity index (χ4n) is 2.27. The Bertz CT molecular complexity index is 575. The van der Waals surface area contributed by atoms with Crippen LogP contribution in [0.25, 0.3) is 0 Å². The lowest BCUT2D eigenvalue weighted by atomic mass is 10.2. The standard InChI is InChI=1S/C16H20N2O5/c1-22-14(19)8-12(16(21)23-2)17-15(20)13-10-18(13)9-11-6-4-3-5-7-11/h3-7,12-13H,8-10H2,1-2H3,(H,17,20). The molecule has 1 amide bonds. The van der Waals surface area contributed by atoms with Crippen LogP contribution in [0.5, 0.6) is 0 Å². The largest absolute Gasteiger partial charge is 0.469 e. The summed E-state index contributed by atoms with van der Waals surface area (Å²) in [7, 11) is 2.43. The topological polar surface area (TPSA) is 84.7 Å². The Balaban J connectivity index is 1.87. The van der Waals surface area contributed by atoms with Crippen LogP contribution in [-0.2, 0) is 30.4 Å². The first-order chi connectivity index (χ1) is 11.0. The molecular formula is C16H20N2O5. The van der Waals surface area contributed by atoms with Crippen molar-refractivity contribution < 1.29 is 23.9 Å². The van der Waals surface area contributed by atoms with Gasteiger partial charge in [0.05, 0.1) is 20.6 Å². The maximum Gasteiger partial charge on any atom is 0.328 e. The van der Waals surface area contributed by atoms with Gasteiger partial charge in [-0.3, -0.25) is 14.5 Å². The van der Waals surface area contributed by atoms with Gasteiger partial charge in [-0.2, -0.15) is 0 Å². The minimum absolute atomic E-state index is 0.250. The first-order valence-electron chi connectivity index (χ1n) is 7.28. The van der Waals surface area contributed by atoms with E-state index in [0.29, 0.717) is 13.1 Å². The second-order valence-electron chi connectivity index (χ2n) is 5.30. The Morgan fingerprint density at radius 1 is 1.22 bits per heavy atom. The molecule has 0 spiro atoms. The number of rotatable bonds is 7. The highest BCUT2D eigenvalue weighted by Gasteiger charge is 2.41. The first kappa shape index (κ1) is 17.0. The van der Waals surface area contributed by atoms with Crippen molar-refractivity contribution in [1.29, 1.82) is 0 Å². The molecule has 1 fully saturated rings. The molecule has 1 N–H and O–H groups in total. The Morgan fingerprint density at radius 2 is 1.91 bits per heavy atom. The SMILES string of the molecule is COC(=O)CC(NC(=O)C1CN1Cc1ccccc1)C(=O)OC. The Kier molecular flexibility index (Phi) is 5.70. The van der Waals surface area contributed by atoms with Crippen molar-refractivity contribution >= 4 is 17.8 Å². The molecule has 3 atom stereocenters. The highest BCUT2D eigenvalue weighted by atomic mass is 16.5. The first-order valence-corrected chi connectivity index (χ1v) is 7.28. The average molecular weight is 320 g/mol. The highest BCUT2D eigenvalue weighted by Crippen LogP contribution is 2.21. The van der Waals surface area contributed by atoms with Crippen LogP contribution in [0.3, 0.4) is 0 Å². The van der Waals surface area contributed by atoms with E-state index in [2.05, 4.69) is 14.8 Å². The highest BCUT2D eigenvalue weighted by molar-refractivity contribution is 5.91. The summed E-state index contributed by atoms with van der Waals surface area (Å²) in [5.74, 6) is -1.54. The normalized spacial score (nSPS) is 20.3. The van der Waals surface area contributed by atoms with Crippen LogP contribution in [0.4, 0.5) is 0 Å². The summed E-state index contributed by atoms with van der Waals surface area (Å²) in [4.78, 5) is 37.1. The van der Waals surface area contributed by atoms with Crippen molar-refractivity contribution in [2.24, 2.45) is 0 Å². The zero-order valence-corrected chi connectivity index (χ0v) is 13.2. The van der Waals surface area contributed by atoms with E-state index in [-0.39, 0.29) is 18.4 Å². The van der Waals surface area contributed by atoms with Gasteiger partial charge in [0.25, 0.3) is 0 Å². The molecule has 1 aromatic carbocycles. The number of carbonyl (C=O) groups excluding carboxylic acids is 3. The molecule has 1 aliphatic rings. The summed E-state index contributed by atoms with van der Waals surface area (Å²) in [6.07, 6.45) is -0.250. The zero-order valence-electron chi connectivity index (χ0n) is 13.2. The molecule has 3 unspecified atom stereocenters. The van der Waals surface area contributed by atoms with E-state index in [1.807, 2.05) is 35.2 Å². The summed E-state index contributed by atoms with van der Waals surface area (Å²) >= 11 is 0. The molecule has 7 heteroatoms. The zero-order chi connectivity index (χ0) is 16.8. The number of nitrogens with one attached hydrogen (secondary N) is 1. The summed E-state index contributed by atoms with van der Waals surface area (Å²) in [5.41, 5.74) is 1.11. The van der Waals surface area contributed by atoms with Crippen molar-refractivity contribution in [3.05, 3.63) is 35.9 Å². The molecule has 7 nitrogen and oxygen atoms in total. The van der Waals surface area contributed by atoms with Crippen molar-refractivity contribution in [3.63, 3.8) is 0 Å². The lowest BCUT2D eigenvalue weighted by molar-refractivity contribution is -0.150. The van der Waals surface area contributed by atoms with Crippen molar-refractivity contribution in [2.75, 3.05) is 20.8 Å². The average Bonchev–Trinajstić information content (AvgIpc) is 3.33. The van der Waals surface area contributed by atoms with Gasteiger partial charge in [-0.15, -0.1) is 0 Å². The van der Waals surface area contributed by atoms with Crippen molar-refractivity contribution in [2.45, 2.75) is 25.0 Å². The second kappa shape index (κ2) is 7.73. The van der Waals surface area contributed by atoms with E-state index in [1.54, 1.807) is 0 Å². The van der Waals surface area contributed by atoms with Crippen LogP contribution in [-0.4, -0.2) is 55.6 Å². The van der Waals surface area contributed by atoms with Crippen molar-refractivity contribution in [1.82, 2.24) is 10.2 Å². The summed E-state index contributed by atoms with van der Waals surface area (Å²) < 4.78 is 9.13. The van der Waals surface area contributed by atoms with Gasteiger partial charge in [0.2, 0.25) is 5.91 Å². The summed E-state index contributed by atoms with van der Waals surface area (Å²) in [6.45, 7) is 1.28. The molecule has 0 bridgehead atoms. The van der Waals surface area contributed by atoms with Gasteiger partial charge in [0, 0.05) is 13.1 Å². The van der Waals surface area contributed by atoms with E-state index >= 15 is 0 Å². The maximum absolute atomic E-state index is 12.2. The third-order valence-electron chi connectivity index (χ3n) is 3.65. The number of hydrogen-bond donors (Lipinski definition) is 1. The molecule has 1 heterocycles. The number of nitrogens with zero attached hydrogens (tertiary/aromatic N) is 1. The molecule has 124 valence electrons. The molecular weight excluding hydrogens is 300 g/mol. The minimum Gasteiger partial charge on any atom is -0.469 e. The Labute approximate surface area is 134 Å². The summed E-state index contributed by atoms with van der Waals surface area (Å²) in [6, 6.07) is 8.47. The second-order valence-corrected chi connectivity index (χ2v) is 5.30. The molecule has 0 aliphatic carbocycles. The van der Waals surface area contributed by atoms with Gasteiger partial charge < -0.3 is 14.8 Å². The number of benzene rings is 1. The smallest absolute Gasteiger partial charge is 0.328 e. The fraction of sp³-hybridized carbons (Fsp3) is 0.438. The van der Waals surface area contributed by atoms with E-state index in [4.69, 9.17) is 0 Å². The third kappa shape index (κ3) is 4.79. The number of esters is 2. The number of hydrogen-bond acceptors (Lipinski definition) is 6. The molecule has 23 heavy (non-hydrogen) atoms. The van der Waals surface area contributed by atoms with E-state index in [0.717, 1.165) is 5.56 Å². The minimum atomic E-state index is -1.03. The Hall–Kier alpha value is -2.41. The van der Waals surface area contributed by atoms with Gasteiger partial charge in [-0.25, -0.2) is 4.79 Å². The van der Waals surface area contributed by atoms with Gasteiger partial charge in [-0.05, 0) is 5.56 Å². The van der Waals surface area contributed by atoms with Crippen LogP contribution in [0.15, 0.2) is 30.3 Å². The number of methoxy groups -OCH3 is 2. The molecule has 0 saturated carbocycles. The molecule has 1 aliphatic heterocycles. The van der Waals surface area contributed by atoms with Crippen LogP contribution < -0.4 is 5.32 Å². The molecule has 1 saturated heterocycles. The fourth-order valence-corrected chi connectivity index (χ4v) is 2.27. The lowest BCUT2D eigenvalue weighted by Gasteiger charge is -2.15. The van der Waals surface area contributed by atoms with E-state index in [9.17, 15) is 14.4 Å². The molecule has 0 radical (unpaired) electrons. The van der Waals surface area contributed by atoms with Gasteiger partial charge >= 0.3 is 11.9 Å². The molecule has 2 rings (SSSR count). The van der Waals surface area contributed by atoms with E-state index in [1.165, 1.54) is 14.2 Å². The molecule has 1 aromatic rings. The lowest BCUT2D eigenvalue weighted by Crippen LogP contribution is -2.45. The summed E-state index contributed by atoms with van der Waals surface area (Å²) in [5, 5.41) is 2.55. The predicted molar refractivity (Wildman–Crippen MR) is 81.2 cm³/mol. The number of ether oxygens (including phenoxy) is 2. The quantitative estimate of drug-likeness (QED) is 0.566. The Morgan fingerprint density at radius 3 is 2.52 bits per heavy atom. The monoisotopic (exact) mass is 320 g/mol. The third-order valence-corrected chi connectivity index (χ3v) is 3.65. The van der Waals surface area contributed by atoms with Gasteiger partial charge in [0.1, 0.15) is 12.1 Å². The predicted octanol–water partition coefficient (Wildman–Crippen LogP) is 0.0917. The van der Waals surface area contributed by atoms with E-state index < -0.39 is 18.0 Å². The number of amides is 1. The van der Waals surface area contributed by atoms with Crippen LogP contribution in [0.2, 0.25) is 0 Å². The van der Waals surface area contributed by atoms with Gasteiger partial charge in [0.15, 0.2) is 0 Å².